The topological polar surface area (TPSA) is 199 Å². The second-order valence-corrected chi connectivity index (χ2v) is 8.29. The summed E-state index contributed by atoms with van der Waals surface area (Å²) in [5.41, 5.74) is -3.44. The minimum Gasteiger partial charge on any atom is -0.481 e. The van der Waals surface area contributed by atoms with Crippen LogP contribution in [0.15, 0.2) is 0 Å². The molecule has 0 saturated heterocycles. The van der Waals surface area contributed by atoms with Crippen LogP contribution < -0.4 is 0 Å². The molecule has 0 spiro atoms. The van der Waals surface area contributed by atoms with Crippen LogP contribution in [0.4, 0.5) is 0 Å². The van der Waals surface area contributed by atoms with Gasteiger partial charge in [0.15, 0.2) is 0 Å². The van der Waals surface area contributed by atoms with Crippen molar-refractivity contribution in [2.24, 2.45) is 10.8 Å². The molecule has 4 atom stereocenters. The van der Waals surface area contributed by atoms with Crippen LogP contribution in [-0.2, 0) is 4.79 Å². The Morgan fingerprint density at radius 3 is 1.37 bits per heavy atom. The van der Waals surface area contributed by atoms with Gasteiger partial charge >= 0.3 is 5.97 Å². The van der Waals surface area contributed by atoms with Crippen LogP contribution in [0.1, 0.15) is 58.3 Å². The molecule has 0 heterocycles. The van der Waals surface area contributed by atoms with E-state index in [1.807, 2.05) is 6.92 Å². The van der Waals surface area contributed by atoms with Crippen LogP contribution in [0.25, 0.3) is 0 Å². The van der Waals surface area contributed by atoms with Gasteiger partial charge in [0.05, 0.1) is 56.3 Å². The van der Waals surface area contributed by atoms with Crippen LogP contribution in [0.5, 0.6) is 0 Å². The summed E-state index contributed by atoms with van der Waals surface area (Å²) >= 11 is 0. The van der Waals surface area contributed by atoms with Gasteiger partial charge < -0.3 is 46.0 Å². The highest BCUT2D eigenvalue weighted by Crippen LogP contribution is 2.56. The minimum absolute atomic E-state index is 0.150. The predicted octanol–water partition coefficient (Wildman–Crippen LogP) is -1.40. The number of aliphatic hydroxyl groups is 8. The molecule has 0 bridgehead atoms. The molecular weight excluding hydrogens is 400 g/mol. The van der Waals surface area contributed by atoms with Gasteiger partial charge in [-0.1, -0.05) is 26.2 Å². The number of hydrogen-bond donors (Lipinski definition) is 9. The van der Waals surface area contributed by atoms with E-state index in [4.69, 9.17) is 0 Å². The van der Waals surface area contributed by atoms with Crippen molar-refractivity contribution >= 4 is 5.97 Å². The monoisotopic (exact) mass is 440 g/mol. The minimum atomic E-state index is -1.97. The van der Waals surface area contributed by atoms with Crippen LogP contribution in [-0.4, -0.2) is 103 Å². The van der Waals surface area contributed by atoms with Crippen molar-refractivity contribution in [1.82, 2.24) is 0 Å². The molecule has 0 aliphatic heterocycles. The first-order chi connectivity index (χ1) is 14.1. The molecule has 9 N–H and O–H groups in total. The van der Waals surface area contributed by atoms with Crippen LogP contribution in [0.3, 0.4) is 0 Å². The largest absolute Gasteiger partial charge is 0.481 e. The average Bonchev–Trinajstić information content (AvgIpc) is 2.72. The van der Waals surface area contributed by atoms with Gasteiger partial charge in [-0.15, -0.1) is 0 Å². The number of carboxylic acids is 1. The summed E-state index contributed by atoms with van der Waals surface area (Å²) < 4.78 is 0. The summed E-state index contributed by atoms with van der Waals surface area (Å²) in [6.45, 7) is -0.916. The highest BCUT2D eigenvalue weighted by atomic mass is 16.4. The Balaban J connectivity index is 6.73. The van der Waals surface area contributed by atoms with Crippen molar-refractivity contribution in [3.63, 3.8) is 0 Å². The Kier molecular flexibility index (Phi) is 13.9. The zero-order valence-electron chi connectivity index (χ0n) is 17.7. The molecule has 0 aromatic carbocycles. The number of rotatable bonds is 18. The normalized spacial score (nSPS) is 20.0. The van der Waals surface area contributed by atoms with Gasteiger partial charge in [-0.25, -0.2) is 0 Å². The van der Waals surface area contributed by atoms with E-state index >= 15 is 0 Å². The number of unbranched alkanes of at least 4 members (excludes halogenated alkanes) is 2. The fraction of sp³-hybridized carbons (Fsp3) is 0.950. The molecule has 10 heteroatoms. The van der Waals surface area contributed by atoms with Crippen molar-refractivity contribution in [2.45, 2.75) is 82.7 Å². The quantitative estimate of drug-likeness (QED) is 0.114. The summed E-state index contributed by atoms with van der Waals surface area (Å²) in [4.78, 5) is 12.7. The van der Waals surface area contributed by atoms with Crippen molar-refractivity contribution in [2.75, 3.05) is 26.4 Å². The number of carbonyl (C=O) groups is 1. The molecule has 10 nitrogen and oxygen atoms in total. The molecule has 180 valence electrons. The van der Waals surface area contributed by atoms with Crippen LogP contribution >= 0.6 is 0 Å². The van der Waals surface area contributed by atoms with Crippen molar-refractivity contribution in [3.8, 4) is 0 Å². The molecule has 0 saturated carbocycles. The molecule has 0 radical (unpaired) electrons. The third-order valence-electron chi connectivity index (χ3n) is 5.95. The van der Waals surface area contributed by atoms with Gasteiger partial charge in [-0.3, -0.25) is 4.79 Å². The van der Waals surface area contributed by atoms with Gasteiger partial charge in [-0.05, 0) is 37.5 Å². The first kappa shape index (κ1) is 29.1. The lowest BCUT2D eigenvalue weighted by molar-refractivity contribution is -0.178. The highest BCUT2D eigenvalue weighted by Gasteiger charge is 2.58. The summed E-state index contributed by atoms with van der Waals surface area (Å²) in [5.74, 6) is -1.44. The number of aliphatic carboxylic acids is 1. The standard InChI is InChI=1S/C20H40O10/c1-2-3-4-5-19(6-14(25)10-21,7-15(26)11-22)20(18(29)30,8-16(27)12-23)9-17(28)13-24/h14-17,21-28H,2-13H2,1H3,(H,29,30). The number of carboxylic acid groups (broad SMARTS) is 1. The predicted molar refractivity (Wildman–Crippen MR) is 107 cm³/mol. The maximum Gasteiger partial charge on any atom is 0.310 e. The summed E-state index contributed by atoms with van der Waals surface area (Å²) in [5, 5.41) is 88.8. The van der Waals surface area contributed by atoms with E-state index in [0.29, 0.717) is 12.8 Å². The Hall–Kier alpha value is -0.850. The van der Waals surface area contributed by atoms with Crippen molar-refractivity contribution in [3.05, 3.63) is 0 Å². The fourth-order valence-electron chi connectivity index (χ4n) is 4.51. The smallest absolute Gasteiger partial charge is 0.310 e. The highest BCUT2D eigenvalue weighted by molar-refractivity contribution is 5.76. The molecule has 0 rings (SSSR count). The van der Waals surface area contributed by atoms with Gasteiger partial charge in [0, 0.05) is 0 Å². The van der Waals surface area contributed by atoms with E-state index in [9.17, 15) is 50.8 Å². The Morgan fingerprint density at radius 1 is 0.700 bits per heavy atom. The maximum absolute atomic E-state index is 12.7. The Labute approximate surface area is 177 Å². The van der Waals surface area contributed by atoms with E-state index in [1.54, 1.807) is 0 Å². The molecule has 0 aromatic rings. The van der Waals surface area contributed by atoms with Crippen molar-refractivity contribution < 1.29 is 50.8 Å². The summed E-state index contributed by atoms with van der Waals surface area (Å²) in [6, 6.07) is 0. The van der Waals surface area contributed by atoms with Gasteiger partial charge in [0.25, 0.3) is 0 Å². The lowest BCUT2D eigenvalue weighted by Gasteiger charge is -2.51. The van der Waals surface area contributed by atoms with E-state index in [-0.39, 0.29) is 19.3 Å². The molecule has 4 unspecified atom stereocenters. The van der Waals surface area contributed by atoms with Gasteiger partial charge in [0.1, 0.15) is 0 Å². The van der Waals surface area contributed by atoms with E-state index < -0.39 is 80.5 Å². The molecular formula is C20H40O10. The van der Waals surface area contributed by atoms with Crippen LogP contribution in [0.2, 0.25) is 0 Å². The Morgan fingerprint density at radius 2 is 1.07 bits per heavy atom. The first-order valence-electron chi connectivity index (χ1n) is 10.5. The SMILES string of the molecule is CCCCCC(CC(O)CO)(CC(O)CO)C(CC(O)CO)(CC(O)CO)C(=O)O. The molecule has 0 amide bonds. The van der Waals surface area contributed by atoms with Gasteiger partial charge in [0.2, 0.25) is 0 Å². The fourth-order valence-corrected chi connectivity index (χ4v) is 4.51. The zero-order chi connectivity index (χ0) is 23.4. The lowest BCUT2D eigenvalue weighted by Crippen LogP contribution is -2.55. The molecule has 0 fully saturated rings. The summed E-state index contributed by atoms with van der Waals surface area (Å²) in [7, 11) is 0. The second-order valence-electron chi connectivity index (χ2n) is 8.29. The first-order valence-corrected chi connectivity index (χ1v) is 10.5. The Bertz CT molecular complexity index is 449. The molecule has 0 aliphatic rings. The molecule has 0 aromatic heterocycles. The zero-order valence-corrected chi connectivity index (χ0v) is 17.7. The van der Waals surface area contributed by atoms with Gasteiger partial charge in [-0.2, -0.15) is 0 Å². The van der Waals surface area contributed by atoms with E-state index in [0.717, 1.165) is 6.42 Å². The van der Waals surface area contributed by atoms with Crippen molar-refractivity contribution in [1.29, 1.82) is 0 Å². The number of hydrogen-bond acceptors (Lipinski definition) is 9. The number of aliphatic hydroxyl groups excluding tert-OH is 8. The molecule has 0 aliphatic carbocycles. The maximum atomic E-state index is 12.7. The van der Waals surface area contributed by atoms with E-state index in [2.05, 4.69) is 0 Å². The summed E-state index contributed by atoms with van der Waals surface area (Å²) in [6.07, 6.45) is -5.12. The third-order valence-corrected chi connectivity index (χ3v) is 5.95. The molecule has 30 heavy (non-hydrogen) atoms. The second kappa shape index (κ2) is 14.3. The average molecular weight is 441 g/mol. The van der Waals surface area contributed by atoms with E-state index in [1.165, 1.54) is 0 Å². The third kappa shape index (κ3) is 8.01. The lowest BCUT2D eigenvalue weighted by atomic mass is 9.52. The van der Waals surface area contributed by atoms with Crippen LogP contribution in [0, 0.1) is 10.8 Å².